The van der Waals surface area contributed by atoms with Crippen LogP contribution in [0.15, 0.2) is 104 Å². The zero-order chi connectivity index (χ0) is 26.4. The fraction of sp³-hybridized carbons (Fsp3) is 0. The van der Waals surface area contributed by atoms with Crippen molar-refractivity contribution < 1.29 is 21.3 Å². The third-order valence-electron chi connectivity index (χ3n) is 5.56. The number of benzene rings is 4. The van der Waals surface area contributed by atoms with Crippen LogP contribution in [0.2, 0.25) is 0 Å². The van der Waals surface area contributed by atoms with Crippen molar-refractivity contribution in [2.24, 2.45) is 0 Å². The second-order valence-electron chi connectivity index (χ2n) is 8.20. The van der Waals surface area contributed by atoms with E-state index in [0.717, 1.165) is 0 Å². The smallest absolute Gasteiger partial charge is 0.261 e. The van der Waals surface area contributed by atoms with E-state index in [-0.39, 0.29) is 31.7 Å². The summed E-state index contributed by atoms with van der Waals surface area (Å²) in [5.41, 5.74) is 12.5. The second-order valence-corrected chi connectivity index (χ2v) is 11.6. The Morgan fingerprint density at radius 2 is 0.946 bits per heavy atom. The van der Waals surface area contributed by atoms with Crippen LogP contribution in [0.4, 0.5) is 22.7 Å². The summed E-state index contributed by atoms with van der Waals surface area (Å²) in [6, 6.07) is 20.0. The summed E-state index contributed by atoms with van der Waals surface area (Å²) in [5.74, 6) is 0. The van der Waals surface area contributed by atoms with Crippen LogP contribution in [0.5, 0.6) is 0 Å². The highest BCUT2D eigenvalue weighted by Crippen LogP contribution is 2.26. The lowest BCUT2D eigenvalue weighted by Crippen LogP contribution is -2.14. The molecule has 12 heteroatoms. The molecule has 0 radical (unpaired) electrons. The van der Waals surface area contributed by atoms with E-state index in [0.29, 0.717) is 22.7 Å². The number of anilines is 4. The molecule has 0 amide bonds. The van der Waals surface area contributed by atoms with E-state index >= 15 is 0 Å². The Morgan fingerprint density at radius 1 is 0.568 bits per heavy atom. The predicted octanol–water partition coefficient (Wildman–Crippen LogP) is 3.71. The molecule has 4 aromatic carbocycles. The van der Waals surface area contributed by atoms with Crippen molar-refractivity contribution in [1.29, 1.82) is 0 Å². The van der Waals surface area contributed by atoms with Gasteiger partial charge in [0, 0.05) is 22.7 Å². The Hall–Kier alpha value is -4.55. The van der Waals surface area contributed by atoms with E-state index in [1.54, 1.807) is 24.3 Å². The van der Waals surface area contributed by atoms with Crippen LogP contribution in [0.3, 0.4) is 0 Å². The number of rotatable bonds is 6. The van der Waals surface area contributed by atoms with Crippen LogP contribution >= 0.6 is 0 Å². The Labute approximate surface area is 211 Å². The fourth-order valence-corrected chi connectivity index (χ4v) is 5.85. The largest absolute Gasteiger partial charge is 0.456 e. The maximum Gasteiger partial charge on any atom is 0.261 e. The number of hydrogen-bond donors (Lipinski definition) is 4. The molecule has 5 rings (SSSR count). The maximum atomic E-state index is 13.3. The van der Waals surface area contributed by atoms with Crippen LogP contribution in [0.1, 0.15) is 0 Å². The first-order valence-electron chi connectivity index (χ1n) is 10.8. The lowest BCUT2D eigenvalue weighted by Gasteiger charge is -2.10. The molecule has 10 nitrogen and oxygen atoms in total. The summed E-state index contributed by atoms with van der Waals surface area (Å²) >= 11 is 0. The van der Waals surface area contributed by atoms with Crippen LogP contribution in [0, 0.1) is 0 Å². The molecule has 0 bridgehead atoms. The molecule has 0 spiro atoms. The first-order chi connectivity index (χ1) is 17.5. The van der Waals surface area contributed by atoms with Crippen molar-refractivity contribution in [3.05, 3.63) is 95.2 Å². The van der Waals surface area contributed by atoms with Crippen LogP contribution in [-0.2, 0) is 20.0 Å². The van der Waals surface area contributed by atoms with Gasteiger partial charge >= 0.3 is 0 Å². The number of nitrogen functional groups attached to an aromatic ring is 2. The molecule has 0 unspecified atom stereocenters. The number of nitrogens with two attached hydrogens (primary N) is 2. The molecule has 1 aromatic heterocycles. The number of hydrogen-bond acceptors (Lipinski definition) is 8. The van der Waals surface area contributed by atoms with E-state index in [9.17, 15) is 21.6 Å². The molecule has 37 heavy (non-hydrogen) atoms. The molecular weight excluding hydrogens is 516 g/mol. The molecule has 1 heterocycles. The topological polar surface area (TPSA) is 175 Å². The summed E-state index contributed by atoms with van der Waals surface area (Å²) in [5, 5.41) is -0.0394. The van der Waals surface area contributed by atoms with Crippen molar-refractivity contribution in [2.45, 2.75) is 9.79 Å². The van der Waals surface area contributed by atoms with Crippen molar-refractivity contribution in [1.82, 2.24) is 0 Å². The van der Waals surface area contributed by atoms with Gasteiger partial charge in [-0.3, -0.25) is 14.2 Å². The average molecular weight is 537 g/mol. The first kappa shape index (κ1) is 24.2. The van der Waals surface area contributed by atoms with Gasteiger partial charge in [0.2, 0.25) is 5.43 Å². The highest BCUT2D eigenvalue weighted by atomic mass is 32.2. The molecule has 0 atom stereocenters. The molecule has 0 fully saturated rings. The zero-order valence-corrected chi connectivity index (χ0v) is 20.6. The maximum absolute atomic E-state index is 13.3. The van der Waals surface area contributed by atoms with Gasteiger partial charge in [0.25, 0.3) is 20.0 Å². The third kappa shape index (κ3) is 4.79. The number of nitrogens with one attached hydrogen (secondary N) is 2. The molecule has 0 saturated carbocycles. The quantitative estimate of drug-likeness (QED) is 0.188. The Kier molecular flexibility index (Phi) is 5.77. The van der Waals surface area contributed by atoms with Crippen molar-refractivity contribution in [2.75, 3.05) is 20.9 Å². The predicted molar refractivity (Wildman–Crippen MR) is 143 cm³/mol. The summed E-state index contributed by atoms with van der Waals surface area (Å²) in [6.45, 7) is 0. The molecule has 0 aliphatic rings. The first-order valence-corrected chi connectivity index (χ1v) is 13.8. The minimum absolute atomic E-state index is 0.0197. The number of sulfonamides is 2. The molecule has 5 aromatic rings. The Morgan fingerprint density at radius 3 is 1.32 bits per heavy atom. The van der Waals surface area contributed by atoms with Gasteiger partial charge in [-0.05, 0) is 84.9 Å². The van der Waals surface area contributed by atoms with Gasteiger partial charge < -0.3 is 15.9 Å². The normalized spacial score (nSPS) is 12.0. The fourth-order valence-electron chi connectivity index (χ4n) is 3.68. The Bertz CT molecular complexity index is 1800. The summed E-state index contributed by atoms with van der Waals surface area (Å²) in [6.07, 6.45) is 0. The van der Waals surface area contributed by atoms with Gasteiger partial charge in [-0.15, -0.1) is 0 Å². The van der Waals surface area contributed by atoms with Crippen molar-refractivity contribution >= 4 is 64.7 Å². The van der Waals surface area contributed by atoms with Crippen LogP contribution in [0.25, 0.3) is 21.9 Å². The number of fused-ring (bicyclic) bond motifs is 2. The highest BCUT2D eigenvalue weighted by molar-refractivity contribution is 7.93. The minimum atomic E-state index is -4.04. The zero-order valence-electron chi connectivity index (χ0n) is 19.0. The lowest BCUT2D eigenvalue weighted by molar-refractivity contribution is 0.599. The van der Waals surface area contributed by atoms with Gasteiger partial charge in [-0.2, -0.15) is 0 Å². The summed E-state index contributed by atoms with van der Waals surface area (Å²) < 4.78 is 62.3. The summed E-state index contributed by atoms with van der Waals surface area (Å²) in [4.78, 5) is 13.0. The molecule has 188 valence electrons. The molecule has 0 aliphatic carbocycles. The van der Waals surface area contributed by atoms with E-state index in [2.05, 4.69) is 9.44 Å². The van der Waals surface area contributed by atoms with Crippen molar-refractivity contribution in [3.8, 4) is 0 Å². The van der Waals surface area contributed by atoms with Gasteiger partial charge in [0.05, 0.1) is 20.6 Å². The molecule has 6 N–H and O–H groups in total. The monoisotopic (exact) mass is 536 g/mol. The van der Waals surface area contributed by atoms with Gasteiger partial charge in [-0.1, -0.05) is 0 Å². The standard InChI is InChI=1S/C25H20N4O6S2/c26-15-1-5-17(6-2-15)28-36(31,32)19-9-11-23-21(13-19)25(30)22-14-20(10-12-24(22)35-23)37(33,34)29-18-7-3-16(27)4-8-18/h1-14,28-29H,26-27H2. The van der Waals surface area contributed by atoms with Gasteiger partial charge in [-0.25, -0.2) is 16.8 Å². The van der Waals surface area contributed by atoms with Crippen molar-refractivity contribution in [3.63, 3.8) is 0 Å². The SMILES string of the molecule is Nc1ccc(NS(=O)(=O)c2ccc3oc4ccc(S(=O)(=O)Nc5ccc(N)cc5)cc4c(=O)c3c2)cc1. The molecule has 0 aliphatic heterocycles. The summed E-state index contributed by atoms with van der Waals surface area (Å²) in [7, 11) is -8.09. The van der Waals surface area contributed by atoms with Gasteiger partial charge in [0.1, 0.15) is 11.2 Å². The van der Waals surface area contributed by atoms with Crippen LogP contribution in [-0.4, -0.2) is 16.8 Å². The van der Waals surface area contributed by atoms with E-state index in [1.165, 1.54) is 60.7 Å². The second kappa shape index (κ2) is 8.84. The molecule has 0 saturated heterocycles. The van der Waals surface area contributed by atoms with E-state index < -0.39 is 25.5 Å². The Balaban J connectivity index is 1.55. The minimum Gasteiger partial charge on any atom is -0.456 e. The van der Waals surface area contributed by atoms with E-state index in [1.807, 2.05) is 0 Å². The third-order valence-corrected chi connectivity index (χ3v) is 8.32. The van der Waals surface area contributed by atoms with Gasteiger partial charge in [0.15, 0.2) is 0 Å². The average Bonchev–Trinajstić information content (AvgIpc) is 2.86. The highest BCUT2D eigenvalue weighted by Gasteiger charge is 2.20. The van der Waals surface area contributed by atoms with Crippen LogP contribution < -0.4 is 26.3 Å². The van der Waals surface area contributed by atoms with E-state index in [4.69, 9.17) is 15.9 Å². The molecular formula is C25H20N4O6S2. The lowest BCUT2D eigenvalue weighted by atomic mass is 10.1.